The number of hydrogen-bond donors (Lipinski definition) is 1. The predicted octanol–water partition coefficient (Wildman–Crippen LogP) is 3.55. The maximum absolute atomic E-state index is 13.9. The summed E-state index contributed by atoms with van der Waals surface area (Å²) in [4.78, 5) is 43.3. The largest absolute Gasteiger partial charge is 0.464 e. The number of fused-ring (bicyclic) bond motifs is 1. The van der Waals surface area contributed by atoms with Crippen LogP contribution in [-0.4, -0.2) is 46.5 Å². The standard InChI is InChI=1S/C23H23ClFN3O6/c1-4-32-21(30)19-15(9-13-5-8-18(24)26-11-13)20(29)28(19)22(31)27-12(2)14-6-7-16-17(10-14)34-23(3,25)33-16/h5-8,10-12,15,19H,4,9H2,1-3H3,(H,27,31)/t12-,15-,19+,23?/m1/s1. The van der Waals surface area contributed by atoms with E-state index in [1.165, 1.54) is 12.3 Å². The minimum Gasteiger partial charge on any atom is -0.464 e. The van der Waals surface area contributed by atoms with Crippen LogP contribution in [0.2, 0.25) is 5.15 Å². The van der Waals surface area contributed by atoms with Gasteiger partial charge in [0.15, 0.2) is 17.5 Å². The van der Waals surface area contributed by atoms with Gasteiger partial charge < -0.3 is 19.5 Å². The molecule has 4 atom stereocenters. The molecule has 180 valence electrons. The average molecular weight is 492 g/mol. The van der Waals surface area contributed by atoms with Crippen LogP contribution < -0.4 is 14.8 Å². The lowest BCUT2D eigenvalue weighted by molar-refractivity contribution is -0.173. The Balaban J connectivity index is 1.47. The second-order valence-corrected chi connectivity index (χ2v) is 8.51. The van der Waals surface area contributed by atoms with E-state index in [0.717, 1.165) is 11.8 Å². The highest BCUT2D eigenvalue weighted by atomic mass is 35.5. The number of carbonyl (C=O) groups is 3. The highest BCUT2D eigenvalue weighted by molar-refractivity contribution is 6.29. The summed E-state index contributed by atoms with van der Waals surface area (Å²) in [6.45, 7) is 4.57. The van der Waals surface area contributed by atoms with Gasteiger partial charge in [-0.3, -0.25) is 4.79 Å². The van der Waals surface area contributed by atoms with Gasteiger partial charge in [0.1, 0.15) is 5.15 Å². The van der Waals surface area contributed by atoms with Crippen LogP contribution in [-0.2, 0) is 20.7 Å². The molecule has 3 amide bonds. The second-order valence-electron chi connectivity index (χ2n) is 8.12. The number of carbonyl (C=O) groups excluding carboxylic acids is 3. The number of aromatic nitrogens is 1. The van der Waals surface area contributed by atoms with Crippen molar-refractivity contribution >= 4 is 29.5 Å². The molecule has 2 aliphatic rings. The number of nitrogens with one attached hydrogen (secondary N) is 1. The van der Waals surface area contributed by atoms with Crippen molar-refractivity contribution in [2.24, 2.45) is 5.92 Å². The van der Waals surface area contributed by atoms with E-state index in [2.05, 4.69) is 10.3 Å². The first kappa shape index (κ1) is 23.7. The monoisotopic (exact) mass is 491 g/mol. The van der Waals surface area contributed by atoms with E-state index in [-0.39, 0.29) is 24.5 Å². The third kappa shape index (κ3) is 4.63. The molecule has 1 saturated heterocycles. The maximum atomic E-state index is 13.9. The maximum Gasteiger partial charge on any atom is 0.404 e. The predicted molar refractivity (Wildman–Crippen MR) is 118 cm³/mol. The lowest BCUT2D eigenvalue weighted by Crippen LogP contribution is -2.69. The first-order valence-corrected chi connectivity index (χ1v) is 11.1. The first-order valence-electron chi connectivity index (χ1n) is 10.7. The molecule has 1 unspecified atom stereocenters. The molecule has 9 nitrogen and oxygen atoms in total. The van der Waals surface area contributed by atoms with Gasteiger partial charge in [-0.2, -0.15) is 4.39 Å². The molecule has 1 fully saturated rings. The van der Waals surface area contributed by atoms with Crippen LogP contribution in [0.25, 0.3) is 0 Å². The van der Waals surface area contributed by atoms with Gasteiger partial charge in [-0.05, 0) is 49.6 Å². The zero-order valence-electron chi connectivity index (χ0n) is 18.7. The highest BCUT2D eigenvalue weighted by Gasteiger charge is 2.55. The Kier molecular flexibility index (Phi) is 6.35. The highest BCUT2D eigenvalue weighted by Crippen LogP contribution is 2.41. The molecule has 3 heterocycles. The minimum atomic E-state index is -2.26. The van der Waals surface area contributed by atoms with Crippen LogP contribution in [0.1, 0.15) is 37.9 Å². The summed E-state index contributed by atoms with van der Waals surface area (Å²) in [5.41, 5.74) is 1.29. The van der Waals surface area contributed by atoms with Crippen LogP contribution in [0.15, 0.2) is 36.5 Å². The molecule has 1 aromatic heterocycles. The molecule has 34 heavy (non-hydrogen) atoms. The van der Waals surface area contributed by atoms with Gasteiger partial charge in [-0.1, -0.05) is 23.7 Å². The summed E-state index contributed by atoms with van der Waals surface area (Å²) in [6.07, 6.45) is 1.72. The Bertz CT molecular complexity index is 1130. The zero-order valence-corrected chi connectivity index (χ0v) is 19.5. The quantitative estimate of drug-likeness (QED) is 0.374. The summed E-state index contributed by atoms with van der Waals surface area (Å²) in [5, 5.41) is 3.00. The lowest BCUT2D eigenvalue weighted by Gasteiger charge is -2.44. The molecule has 4 rings (SSSR count). The number of imide groups is 1. The van der Waals surface area contributed by atoms with E-state index in [4.69, 9.17) is 25.8 Å². The van der Waals surface area contributed by atoms with Crippen LogP contribution in [0.4, 0.5) is 9.18 Å². The number of alkyl halides is 1. The summed E-state index contributed by atoms with van der Waals surface area (Å²) < 4.78 is 29.2. The SMILES string of the molecule is CCOC(=O)[C@@H]1[C@@H](Cc2ccc(Cl)nc2)C(=O)N1C(=O)N[C@H](C)c1ccc2c(c1)OC(C)(F)O2. The van der Waals surface area contributed by atoms with Crippen molar-refractivity contribution in [3.05, 3.63) is 52.8 Å². The summed E-state index contributed by atoms with van der Waals surface area (Å²) in [6, 6.07) is 3.36. The van der Waals surface area contributed by atoms with E-state index in [0.29, 0.717) is 16.3 Å². The van der Waals surface area contributed by atoms with E-state index >= 15 is 0 Å². The van der Waals surface area contributed by atoms with E-state index in [1.807, 2.05) is 0 Å². The number of rotatable bonds is 6. The topological polar surface area (TPSA) is 107 Å². The normalized spacial score (nSPS) is 23.8. The molecule has 2 aliphatic heterocycles. The van der Waals surface area contributed by atoms with Crippen molar-refractivity contribution in [3.8, 4) is 11.5 Å². The fraction of sp³-hybridized carbons (Fsp3) is 0.391. The van der Waals surface area contributed by atoms with E-state index in [1.54, 1.807) is 38.1 Å². The van der Waals surface area contributed by atoms with Crippen LogP contribution in [0.5, 0.6) is 11.5 Å². The van der Waals surface area contributed by atoms with Gasteiger partial charge in [0.05, 0.1) is 18.6 Å². The molecule has 0 saturated carbocycles. The number of urea groups is 1. The minimum absolute atomic E-state index is 0.106. The molecule has 11 heteroatoms. The van der Waals surface area contributed by atoms with Crippen molar-refractivity contribution in [1.29, 1.82) is 0 Å². The van der Waals surface area contributed by atoms with Crippen LogP contribution >= 0.6 is 11.6 Å². The third-order valence-corrected chi connectivity index (χ3v) is 5.82. The van der Waals surface area contributed by atoms with Gasteiger partial charge in [0, 0.05) is 13.1 Å². The van der Waals surface area contributed by atoms with Crippen molar-refractivity contribution in [1.82, 2.24) is 15.2 Å². The number of ether oxygens (including phenoxy) is 3. The smallest absolute Gasteiger partial charge is 0.404 e. The molecule has 0 aliphatic carbocycles. The number of benzene rings is 1. The molecule has 0 radical (unpaired) electrons. The average Bonchev–Trinajstić information content (AvgIpc) is 3.09. The van der Waals surface area contributed by atoms with Gasteiger partial charge >= 0.3 is 18.0 Å². The summed E-state index contributed by atoms with van der Waals surface area (Å²) >= 11 is 5.81. The Labute approximate surface area is 200 Å². The van der Waals surface area contributed by atoms with Crippen LogP contribution in [0.3, 0.4) is 0 Å². The van der Waals surface area contributed by atoms with E-state index in [9.17, 15) is 18.8 Å². The van der Waals surface area contributed by atoms with Crippen molar-refractivity contribution in [2.75, 3.05) is 6.61 Å². The van der Waals surface area contributed by atoms with Gasteiger partial charge in [0.2, 0.25) is 5.91 Å². The van der Waals surface area contributed by atoms with Gasteiger partial charge in [0.25, 0.3) is 0 Å². The molecule has 1 N–H and O–H groups in total. The zero-order chi connectivity index (χ0) is 24.6. The number of esters is 1. The summed E-state index contributed by atoms with van der Waals surface area (Å²) in [7, 11) is 0. The van der Waals surface area contributed by atoms with Crippen molar-refractivity contribution in [2.45, 2.75) is 45.3 Å². The van der Waals surface area contributed by atoms with E-state index < -0.39 is 42.0 Å². The number of hydrogen-bond acceptors (Lipinski definition) is 7. The number of β-lactam (4-membered cyclic amide) rings is 1. The second kappa shape index (κ2) is 9.09. The first-order chi connectivity index (χ1) is 16.1. The molecule has 0 bridgehead atoms. The van der Waals surface area contributed by atoms with Crippen molar-refractivity contribution < 1.29 is 33.0 Å². The fourth-order valence-corrected chi connectivity index (χ4v) is 4.07. The van der Waals surface area contributed by atoms with Crippen LogP contribution in [0, 0.1) is 5.92 Å². The van der Waals surface area contributed by atoms with Crippen molar-refractivity contribution in [3.63, 3.8) is 0 Å². The number of likely N-dealkylation sites (tertiary alicyclic amines) is 1. The Morgan fingerprint density at radius 1 is 1.29 bits per heavy atom. The molecule has 2 aromatic rings. The number of nitrogens with zero attached hydrogens (tertiary/aromatic N) is 2. The molecular weight excluding hydrogens is 469 g/mol. The number of pyridine rings is 1. The Morgan fingerprint density at radius 2 is 2.03 bits per heavy atom. The molecular formula is C23H23ClFN3O6. The molecule has 0 spiro atoms. The van der Waals surface area contributed by atoms with Gasteiger partial charge in [-0.15, -0.1) is 0 Å². The summed E-state index contributed by atoms with van der Waals surface area (Å²) in [5.74, 6) is -1.49. The molecule has 1 aromatic carbocycles. The third-order valence-electron chi connectivity index (χ3n) is 5.60. The Morgan fingerprint density at radius 3 is 2.71 bits per heavy atom. The fourth-order valence-electron chi connectivity index (χ4n) is 3.96. The lowest BCUT2D eigenvalue weighted by atomic mass is 9.83. The number of amides is 3. The Hall–Kier alpha value is -3.40. The van der Waals surface area contributed by atoms with Gasteiger partial charge in [-0.25, -0.2) is 19.5 Å². The number of halogens is 2.